The molecule has 1 unspecified atom stereocenters. The predicted octanol–water partition coefficient (Wildman–Crippen LogP) is 0.724. The molecule has 1 heterocycles. The molecule has 0 radical (unpaired) electrons. The third-order valence-corrected chi connectivity index (χ3v) is 2.94. The Labute approximate surface area is 109 Å². The Kier molecular flexibility index (Phi) is 5.60. The second kappa shape index (κ2) is 6.73. The lowest BCUT2D eigenvalue weighted by molar-refractivity contribution is 0.0694. The van der Waals surface area contributed by atoms with Crippen molar-refractivity contribution >= 4 is 27.6 Å². The van der Waals surface area contributed by atoms with E-state index in [1.165, 1.54) is 6.33 Å². The molecule has 1 rings (SSSR count). The Morgan fingerprint density at radius 3 is 2.88 bits per heavy atom. The van der Waals surface area contributed by atoms with Crippen LogP contribution in [-0.4, -0.2) is 55.5 Å². The van der Waals surface area contributed by atoms with Crippen LogP contribution in [0.25, 0.3) is 0 Å². The number of aromatic nitrogens is 2. The molecule has 1 atom stereocenters. The van der Waals surface area contributed by atoms with Crippen LogP contribution in [-0.2, 0) is 4.74 Å². The highest BCUT2D eigenvalue weighted by atomic mass is 79.9. The fraction of sp³-hybridized carbons (Fsp3) is 0.600. The van der Waals surface area contributed by atoms with Gasteiger partial charge in [0.2, 0.25) is 0 Å². The van der Waals surface area contributed by atoms with Crippen molar-refractivity contribution in [1.29, 1.82) is 0 Å². The Bertz CT molecular complexity index is 364. The van der Waals surface area contributed by atoms with Gasteiger partial charge < -0.3 is 20.1 Å². The molecule has 0 saturated heterocycles. The van der Waals surface area contributed by atoms with Gasteiger partial charge in [0.25, 0.3) is 0 Å². The molecule has 0 saturated carbocycles. The second-order valence-electron chi connectivity index (χ2n) is 3.60. The molecule has 0 bridgehead atoms. The standard InChI is InChI=1S/C10H17BrN4O2/c1-12-9-8(11)10(14-6-13-9)15(2)4-7(16)5-17-3/h6-7,16H,4-5H2,1-3H3,(H,12,13,14). The van der Waals surface area contributed by atoms with E-state index in [0.717, 1.165) is 10.3 Å². The van der Waals surface area contributed by atoms with Crippen molar-refractivity contribution in [3.63, 3.8) is 0 Å². The molecular formula is C10H17BrN4O2. The molecule has 6 nitrogen and oxygen atoms in total. The van der Waals surface area contributed by atoms with Crippen LogP contribution in [0.2, 0.25) is 0 Å². The summed E-state index contributed by atoms with van der Waals surface area (Å²) in [5, 5.41) is 12.6. The number of halogens is 1. The highest BCUT2D eigenvalue weighted by Crippen LogP contribution is 2.28. The normalized spacial score (nSPS) is 12.3. The molecule has 17 heavy (non-hydrogen) atoms. The molecule has 0 aliphatic rings. The Balaban J connectivity index is 2.78. The molecule has 1 aromatic heterocycles. The molecule has 96 valence electrons. The van der Waals surface area contributed by atoms with Crippen LogP contribution in [0, 0.1) is 0 Å². The molecule has 0 spiro atoms. The maximum Gasteiger partial charge on any atom is 0.148 e. The number of nitrogens with zero attached hydrogens (tertiary/aromatic N) is 3. The highest BCUT2D eigenvalue weighted by molar-refractivity contribution is 9.10. The van der Waals surface area contributed by atoms with Crippen LogP contribution in [0.15, 0.2) is 10.8 Å². The number of hydrogen-bond donors (Lipinski definition) is 2. The van der Waals surface area contributed by atoms with Crippen LogP contribution in [0.1, 0.15) is 0 Å². The fourth-order valence-corrected chi connectivity index (χ4v) is 2.15. The van der Waals surface area contributed by atoms with Crippen molar-refractivity contribution in [2.24, 2.45) is 0 Å². The van der Waals surface area contributed by atoms with Gasteiger partial charge in [0.15, 0.2) is 0 Å². The lowest BCUT2D eigenvalue weighted by Crippen LogP contribution is -2.32. The van der Waals surface area contributed by atoms with E-state index in [1.54, 1.807) is 14.2 Å². The van der Waals surface area contributed by atoms with Crippen LogP contribution in [0.3, 0.4) is 0 Å². The maximum absolute atomic E-state index is 9.66. The summed E-state index contributed by atoms with van der Waals surface area (Å²) in [6.07, 6.45) is 0.926. The van der Waals surface area contributed by atoms with Crippen molar-refractivity contribution < 1.29 is 9.84 Å². The van der Waals surface area contributed by atoms with Gasteiger partial charge in [-0.3, -0.25) is 0 Å². The van der Waals surface area contributed by atoms with Gasteiger partial charge in [-0.1, -0.05) is 0 Å². The predicted molar refractivity (Wildman–Crippen MR) is 70.4 cm³/mol. The summed E-state index contributed by atoms with van der Waals surface area (Å²) < 4.78 is 5.65. The van der Waals surface area contributed by atoms with Gasteiger partial charge in [-0.25, -0.2) is 9.97 Å². The summed E-state index contributed by atoms with van der Waals surface area (Å²) in [4.78, 5) is 10.1. The molecule has 0 fully saturated rings. The van der Waals surface area contributed by atoms with Crippen molar-refractivity contribution in [2.75, 3.05) is 44.6 Å². The monoisotopic (exact) mass is 304 g/mol. The van der Waals surface area contributed by atoms with E-state index in [1.807, 2.05) is 11.9 Å². The third kappa shape index (κ3) is 3.79. The van der Waals surface area contributed by atoms with Gasteiger partial charge in [-0.15, -0.1) is 0 Å². The smallest absolute Gasteiger partial charge is 0.148 e. The summed E-state index contributed by atoms with van der Waals surface area (Å²) in [5.74, 6) is 1.43. The number of methoxy groups -OCH3 is 1. The minimum atomic E-state index is -0.551. The van der Waals surface area contributed by atoms with Crippen molar-refractivity contribution in [2.45, 2.75) is 6.10 Å². The zero-order chi connectivity index (χ0) is 12.8. The first-order chi connectivity index (χ1) is 8.10. The lowest BCUT2D eigenvalue weighted by atomic mass is 10.3. The van der Waals surface area contributed by atoms with Crippen LogP contribution in [0.4, 0.5) is 11.6 Å². The van der Waals surface area contributed by atoms with E-state index < -0.39 is 6.10 Å². The van der Waals surface area contributed by atoms with Gasteiger partial charge >= 0.3 is 0 Å². The maximum atomic E-state index is 9.66. The molecule has 0 aliphatic carbocycles. The van der Waals surface area contributed by atoms with Crippen LogP contribution in [0.5, 0.6) is 0 Å². The van der Waals surface area contributed by atoms with E-state index in [4.69, 9.17) is 4.74 Å². The number of rotatable bonds is 6. The number of aliphatic hydroxyl groups is 1. The fourth-order valence-electron chi connectivity index (χ4n) is 1.45. The Morgan fingerprint density at radius 1 is 1.59 bits per heavy atom. The highest BCUT2D eigenvalue weighted by Gasteiger charge is 2.14. The SMILES string of the molecule is CNc1ncnc(N(C)CC(O)COC)c1Br. The summed E-state index contributed by atoms with van der Waals surface area (Å²) in [5.41, 5.74) is 0. The quantitative estimate of drug-likeness (QED) is 0.807. The van der Waals surface area contributed by atoms with E-state index in [-0.39, 0.29) is 0 Å². The molecular weight excluding hydrogens is 288 g/mol. The number of likely N-dealkylation sites (N-methyl/N-ethyl adjacent to an activating group) is 1. The van der Waals surface area contributed by atoms with Gasteiger partial charge in [-0.2, -0.15) is 0 Å². The summed E-state index contributed by atoms with van der Waals surface area (Å²) in [7, 11) is 5.20. The number of ether oxygens (including phenoxy) is 1. The first-order valence-electron chi connectivity index (χ1n) is 5.16. The summed E-state index contributed by atoms with van der Waals surface area (Å²) in [6.45, 7) is 0.735. The van der Waals surface area contributed by atoms with Crippen molar-refractivity contribution in [3.05, 3.63) is 10.8 Å². The first kappa shape index (κ1) is 14.1. The minimum Gasteiger partial charge on any atom is -0.389 e. The Hall–Kier alpha value is -0.920. The summed E-state index contributed by atoms with van der Waals surface area (Å²) >= 11 is 3.43. The molecule has 7 heteroatoms. The van der Waals surface area contributed by atoms with Crippen LogP contribution >= 0.6 is 15.9 Å². The lowest BCUT2D eigenvalue weighted by Gasteiger charge is -2.22. The zero-order valence-corrected chi connectivity index (χ0v) is 11.7. The number of aliphatic hydroxyl groups excluding tert-OH is 1. The molecule has 0 aromatic carbocycles. The third-order valence-electron chi connectivity index (χ3n) is 2.21. The Morgan fingerprint density at radius 2 is 2.29 bits per heavy atom. The molecule has 0 amide bonds. The zero-order valence-electron chi connectivity index (χ0n) is 10.1. The van der Waals surface area contributed by atoms with E-state index in [9.17, 15) is 5.11 Å². The molecule has 0 aliphatic heterocycles. The minimum absolute atomic E-state index is 0.298. The van der Waals surface area contributed by atoms with Gasteiger partial charge in [0, 0.05) is 27.7 Å². The van der Waals surface area contributed by atoms with E-state index in [0.29, 0.717) is 19.0 Å². The molecule has 1 aromatic rings. The summed E-state index contributed by atoms with van der Waals surface area (Å²) in [6, 6.07) is 0. The number of nitrogens with one attached hydrogen (secondary N) is 1. The number of hydrogen-bond acceptors (Lipinski definition) is 6. The largest absolute Gasteiger partial charge is 0.389 e. The average molecular weight is 305 g/mol. The van der Waals surface area contributed by atoms with Crippen LogP contribution < -0.4 is 10.2 Å². The van der Waals surface area contributed by atoms with Gasteiger partial charge in [0.05, 0.1) is 12.7 Å². The van der Waals surface area contributed by atoms with Crippen molar-refractivity contribution in [1.82, 2.24) is 9.97 Å². The average Bonchev–Trinajstić information content (AvgIpc) is 2.29. The van der Waals surface area contributed by atoms with Gasteiger partial charge in [0.1, 0.15) is 22.4 Å². The second-order valence-corrected chi connectivity index (χ2v) is 4.39. The van der Waals surface area contributed by atoms with Crippen molar-refractivity contribution in [3.8, 4) is 0 Å². The molecule has 2 N–H and O–H groups in total. The first-order valence-corrected chi connectivity index (χ1v) is 5.95. The topological polar surface area (TPSA) is 70.5 Å². The van der Waals surface area contributed by atoms with E-state index in [2.05, 4.69) is 31.2 Å². The number of anilines is 2. The van der Waals surface area contributed by atoms with Gasteiger partial charge in [-0.05, 0) is 15.9 Å². The van der Waals surface area contributed by atoms with E-state index >= 15 is 0 Å².